The van der Waals surface area contributed by atoms with E-state index < -0.39 is 22.4 Å². The van der Waals surface area contributed by atoms with Gasteiger partial charge in [-0.2, -0.15) is 0 Å². The second kappa shape index (κ2) is 11.4. The molecule has 0 spiro atoms. The molecule has 0 heterocycles. The van der Waals surface area contributed by atoms with Crippen LogP contribution < -0.4 is 5.32 Å². The van der Waals surface area contributed by atoms with Crippen molar-refractivity contribution >= 4 is 23.1 Å². The molecule has 0 aliphatic carbocycles. The number of nitrogens with one attached hydrogen (secondary N) is 1. The predicted octanol–water partition coefficient (Wildman–Crippen LogP) is 6.26. The molecule has 1 atom stereocenters. The van der Waals surface area contributed by atoms with E-state index in [1.165, 1.54) is 6.07 Å². The van der Waals surface area contributed by atoms with Crippen LogP contribution in [0.15, 0.2) is 18.2 Å². The fraction of sp³-hybridized carbons (Fsp3) is 0.680. The zero-order valence-electron chi connectivity index (χ0n) is 21.0. The highest BCUT2D eigenvalue weighted by atomic mass is 16.6. The van der Waals surface area contributed by atoms with Crippen molar-refractivity contribution in [1.29, 1.82) is 0 Å². The van der Waals surface area contributed by atoms with Crippen LogP contribution in [0.5, 0.6) is 0 Å². The van der Waals surface area contributed by atoms with Crippen LogP contribution in [0.4, 0.5) is 11.4 Å². The zero-order chi connectivity index (χ0) is 24.8. The maximum absolute atomic E-state index is 13.0. The summed E-state index contributed by atoms with van der Waals surface area (Å²) in [7, 11) is 0. The summed E-state index contributed by atoms with van der Waals surface area (Å²) in [5.74, 6) is -0.553. The fourth-order valence-electron chi connectivity index (χ4n) is 3.82. The maximum atomic E-state index is 13.0. The number of nitro groups is 1. The number of benzene rings is 1. The van der Waals surface area contributed by atoms with E-state index in [9.17, 15) is 19.7 Å². The molecule has 32 heavy (non-hydrogen) atoms. The Morgan fingerprint density at radius 3 is 2.06 bits per heavy atom. The number of rotatable bonds is 11. The van der Waals surface area contributed by atoms with Gasteiger partial charge in [-0.25, -0.2) is 0 Å². The molecule has 0 saturated carbocycles. The van der Waals surface area contributed by atoms with E-state index in [4.69, 9.17) is 4.74 Å². The molecule has 0 amide bonds. The van der Waals surface area contributed by atoms with Gasteiger partial charge in [-0.3, -0.25) is 19.7 Å². The molecule has 0 aliphatic rings. The van der Waals surface area contributed by atoms with E-state index in [0.717, 1.165) is 0 Å². The second-order valence-corrected chi connectivity index (χ2v) is 10.6. The quantitative estimate of drug-likeness (QED) is 0.185. The maximum Gasteiger partial charge on any atom is 0.309 e. The average Bonchev–Trinajstić information content (AvgIpc) is 2.62. The molecule has 0 unspecified atom stereocenters. The summed E-state index contributed by atoms with van der Waals surface area (Å²) < 4.78 is 5.50. The molecule has 0 saturated heterocycles. The Kier molecular flexibility index (Phi) is 9.86. The van der Waals surface area contributed by atoms with Gasteiger partial charge < -0.3 is 10.1 Å². The Bertz CT molecular complexity index is 801. The van der Waals surface area contributed by atoms with Crippen molar-refractivity contribution in [1.82, 2.24) is 0 Å². The van der Waals surface area contributed by atoms with E-state index in [1.807, 2.05) is 13.8 Å². The number of ketones is 1. The minimum atomic E-state index is -0.648. The van der Waals surface area contributed by atoms with E-state index in [0.29, 0.717) is 12.1 Å². The van der Waals surface area contributed by atoms with Crippen LogP contribution in [-0.2, 0) is 9.53 Å². The third-order valence-corrected chi connectivity index (χ3v) is 5.20. The fourth-order valence-corrected chi connectivity index (χ4v) is 3.82. The number of Topliss-reactive ketones (excluding diaryl/α,β-unsaturated/α-hetero) is 1. The molecule has 1 aromatic carbocycles. The van der Waals surface area contributed by atoms with Gasteiger partial charge in [0.2, 0.25) is 0 Å². The summed E-state index contributed by atoms with van der Waals surface area (Å²) in [5.41, 5.74) is -0.167. The highest BCUT2D eigenvalue weighted by molar-refractivity contribution is 5.99. The molecular weight excluding hydrogens is 408 g/mol. The number of hydrogen-bond donors (Lipinski definition) is 1. The molecule has 0 radical (unpaired) electrons. The third-order valence-electron chi connectivity index (χ3n) is 5.20. The Labute approximate surface area is 192 Å². The number of nitrogens with zero attached hydrogens (tertiary/aromatic N) is 1. The second-order valence-electron chi connectivity index (χ2n) is 10.6. The molecule has 7 nitrogen and oxygen atoms in total. The largest absolute Gasteiger partial charge is 0.460 e. The van der Waals surface area contributed by atoms with Gasteiger partial charge in [0.05, 0.1) is 10.8 Å². The van der Waals surface area contributed by atoms with Crippen molar-refractivity contribution in [3.8, 4) is 0 Å². The zero-order valence-corrected chi connectivity index (χ0v) is 21.0. The molecule has 1 N–H and O–H groups in total. The van der Waals surface area contributed by atoms with Gasteiger partial charge in [-0.05, 0) is 57.1 Å². The van der Waals surface area contributed by atoms with Gasteiger partial charge in [0.25, 0.3) is 5.69 Å². The normalized spacial score (nSPS) is 13.0. The summed E-state index contributed by atoms with van der Waals surface area (Å²) >= 11 is 0. The van der Waals surface area contributed by atoms with Crippen LogP contribution in [-0.4, -0.2) is 28.3 Å². The number of hydrogen-bond acceptors (Lipinski definition) is 6. The lowest BCUT2D eigenvalue weighted by atomic mass is 9.90. The van der Waals surface area contributed by atoms with Crippen molar-refractivity contribution in [2.24, 2.45) is 23.7 Å². The van der Waals surface area contributed by atoms with Crippen LogP contribution in [0.2, 0.25) is 0 Å². The summed E-state index contributed by atoms with van der Waals surface area (Å²) in [6.45, 7) is 17.6. The molecule has 1 aromatic rings. The topological polar surface area (TPSA) is 98.5 Å². The summed E-state index contributed by atoms with van der Waals surface area (Å²) in [4.78, 5) is 36.9. The monoisotopic (exact) mass is 448 g/mol. The van der Waals surface area contributed by atoms with E-state index in [-0.39, 0.29) is 47.3 Å². The molecule has 0 fully saturated rings. The Balaban J connectivity index is 3.17. The summed E-state index contributed by atoms with van der Waals surface area (Å²) in [5, 5.41) is 15.0. The van der Waals surface area contributed by atoms with Crippen molar-refractivity contribution < 1.29 is 19.2 Å². The summed E-state index contributed by atoms with van der Waals surface area (Å²) in [6.07, 6.45) is 0.463. The Morgan fingerprint density at radius 2 is 1.62 bits per heavy atom. The van der Waals surface area contributed by atoms with Crippen LogP contribution in [0.3, 0.4) is 0 Å². The van der Waals surface area contributed by atoms with Gasteiger partial charge >= 0.3 is 5.97 Å². The molecule has 0 aliphatic heterocycles. The van der Waals surface area contributed by atoms with Crippen LogP contribution >= 0.6 is 0 Å². The highest BCUT2D eigenvalue weighted by Gasteiger charge is 2.29. The van der Waals surface area contributed by atoms with Crippen molar-refractivity contribution in [2.45, 2.75) is 86.8 Å². The SMILES string of the molecule is CC(C)C[C@H](CC(=O)c1ccc(NC(C(C)C)C(C)C)c([N+](=O)[O-])c1)C(=O)OC(C)(C)C. The molecule has 0 aromatic heterocycles. The molecular formula is C25H40N2O5. The van der Waals surface area contributed by atoms with E-state index in [1.54, 1.807) is 32.9 Å². The van der Waals surface area contributed by atoms with Gasteiger partial charge in [-0.15, -0.1) is 0 Å². The number of esters is 1. The molecule has 7 heteroatoms. The smallest absolute Gasteiger partial charge is 0.309 e. The number of carbonyl (C=O) groups excluding carboxylic acids is 2. The minimum Gasteiger partial charge on any atom is -0.460 e. The number of carbonyl (C=O) groups is 2. The van der Waals surface area contributed by atoms with Gasteiger partial charge in [-0.1, -0.05) is 41.5 Å². The third kappa shape index (κ3) is 8.60. The Hall–Kier alpha value is -2.44. The van der Waals surface area contributed by atoms with Crippen LogP contribution in [0.25, 0.3) is 0 Å². The van der Waals surface area contributed by atoms with E-state index in [2.05, 4.69) is 33.0 Å². The lowest BCUT2D eigenvalue weighted by molar-refractivity contribution is -0.384. The lowest BCUT2D eigenvalue weighted by Crippen LogP contribution is -2.31. The first-order valence-corrected chi connectivity index (χ1v) is 11.4. The number of anilines is 1. The Morgan fingerprint density at radius 1 is 1.06 bits per heavy atom. The standard InChI is InChI=1S/C25H40N2O5/c1-15(2)12-19(24(29)32-25(7,8)9)14-22(28)18-10-11-20(21(13-18)27(30)31)26-23(16(3)4)17(5)6/h10-11,13,15-17,19,23,26H,12,14H2,1-9H3/t19-/m1/s1. The minimum absolute atomic E-state index is 0.0440. The van der Waals surface area contributed by atoms with Crippen molar-refractivity contribution in [2.75, 3.05) is 5.32 Å². The molecule has 1 rings (SSSR count). The molecule has 0 bridgehead atoms. The summed E-state index contributed by atoms with van der Waals surface area (Å²) in [6, 6.07) is 4.55. The first-order valence-electron chi connectivity index (χ1n) is 11.4. The van der Waals surface area contributed by atoms with Crippen molar-refractivity contribution in [3.63, 3.8) is 0 Å². The number of nitro benzene ring substituents is 1. The lowest BCUT2D eigenvalue weighted by Gasteiger charge is -2.27. The van der Waals surface area contributed by atoms with Crippen molar-refractivity contribution in [3.05, 3.63) is 33.9 Å². The van der Waals surface area contributed by atoms with Crippen LogP contribution in [0, 0.1) is 33.8 Å². The first kappa shape index (κ1) is 27.6. The predicted molar refractivity (Wildman–Crippen MR) is 128 cm³/mol. The highest BCUT2D eigenvalue weighted by Crippen LogP contribution is 2.30. The first-order chi connectivity index (χ1) is 14.6. The average molecular weight is 449 g/mol. The molecule has 180 valence electrons. The number of ether oxygens (including phenoxy) is 1. The van der Waals surface area contributed by atoms with Gasteiger partial charge in [0, 0.05) is 24.1 Å². The van der Waals surface area contributed by atoms with Gasteiger partial charge in [0.15, 0.2) is 5.78 Å². The van der Waals surface area contributed by atoms with Gasteiger partial charge in [0.1, 0.15) is 11.3 Å². The van der Waals surface area contributed by atoms with Crippen LogP contribution in [0.1, 0.15) is 85.5 Å². The van der Waals surface area contributed by atoms with E-state index >= 15 is 0 Å².